The summed E-state index contributed by atoms with van der Waals surface area (Å²) in [5, 5.41) is 0.880. The zero-order chi connectivity index (χ0) is 29.9. The summed E-state index contributed by atoms with van der Waals surface area (Å²) in [6.07, 6.45) is 8.14. The molecule has 1 saturated carbocycles. The number of methoxy groups -OCH3 is 4. The number of rotatable bonds is 16. The summed E-state index contributed by atoms with van der Waals surface area (Å²) in [4.78, 5) is 19.8. The molecule has 42 heavy (non-hydrogen) atoms. The van der Waals surface area contributed by atoms with Crippen LogP contribution in [0.1, 0.15) is 57.1 Å². The molecule has 1 fully saturated rings. The number of pyridine rings is 2. The van der Waals surface area contributed by atoms with Crippen molar-refractivity contribution in [3.63, 3.8) is 0 Å². The molecule has 0 N–H and O–H groups in total. The minimum absolute atomic E-state index is 0.00778. The van der Waals surface area contributed by atoms with Gasteiger partial charge in [-0.05, 0) is 49.1 Å². The van der Waals surface area contributed by atoms with E-state index in [2.05, 4.69) is 11.9 Å². The highest BCUT2D eigenvalue weighted by molar-refractivity contribution is 7.97. The minimum atomic E-state index is -0.466. The first-order valence-corrected chi connectivity index (χ1v) is 16.3. The van der Waals surface area contributed by atoms with Gasteiger partial charge in [-0.25, -0.2) is 4.98 Å². The van der Waals surface area contributed by atoms with E-state index in [1.807, 2.05) is 28.8 Å². The lowest BCUT2D eigenvalue weighted by atomic mass is 9.95. The monoisotopic (exact) mass is 601 g/mol. The number of hydrogen-bond donors (Lipinski definition) is 0. The van der Waals surface area contributed by atoms with Crippen LogP contribution >= 0.6 is 0 Å². The summed E-state index contributed by atoms with van der Waals surface area (Å²) in [7, 11) is 5.96. The Morgan fingerprint density at radius 2 is 1.55 bits per heavy atom. The van der Waals surface area contributed by atoms with Gasteiger partial charge >= 0.3 is 5.56 Å². The highest BCUT2D eigenvalue weighted by atomic mass is 32.2. The van der Waals surface area contributed by atoms with E-state index in [1.54, 1.807) is 34.6 Å². The molecule has 0 spiro atoms. The molecule has 0 radical (unpaired) electrons. The molecule has 0 aliphatic heterocycles. The van der Waals surface area contributed by atoms with Gasteiger partial charge in [0.05, 0.1) is 53.6 Å². The van der Waals surface area contributed by atoms with Crippen LogP contribution in [-0.2, 0) is 27.0 Å². The smallest absolute Gasteiger partial charge is 0.311 e. The first-order chi connectivity index (χ1) is 20.6. The van der Waals surface area contributed by atoms with Crippen molar-refractivity contribution in [2.24, 2.45) is 0 Å². The number of fused-ring (bicyclic) bond motifs is 1. The number of aromatic nitrogens is 2. The molecule has 1 aromatic carbocycles. The van der Waals surface area contributed by atoms with Gasteiger partial charge < -0.3 is 28.4 Å². The molecule has 4 rings (SSSR count). The maximum atomic E-state index is 14.4. The molecular formula is C32H45N2O7S+. The van der Waals surface area contributed by atoms with E-state index in [0.29, 0.717) is 60.8 Å². The molecule has 1 aliphatic carbocycles. The second-order valence-corrected chi connectivity index (χ2v) is 12.5. The molecule has 9 nitrogen and oxygen atoms in total. The van der Waals surface area contributed by atoms with Gasteiger partial charge in [-0.3, -0.25) is 9.36 Å². The quantitative estimate of drug-likeness (QED) is 0.156. The maximum absolute atomic E-state index is 14.4. The second kappa shape index (κ2) is 16.0. The molecule has 0 amide bonds. The second-order valence-electron chi connectivity index (χ2n) is 10.3. The van der Waals surface area contributed by atoms with Crippen molar-refractivity contribution in [1.82, 2.24) is 9.55 Å². The van der Waals surface area contributed by atoms with Gasteiger partial charge in [-0.1, -0.05) is 26.2 Å². The molecule has 3 aromatic rings. The van der Waals surface area contributed by atoms with E-state index in [1.165, 1.54) is 6.42 Å². The van der Waals surface area contributed by atoms with E-state index in [0.717, 1.165) is 53.7 Å². The van der Waals surface area contributed by atoms with Gasteiger partial charge in [-0.2, -0.15) is 0 Å². The Bertz CT molecular complexity index is 1330. The van der Waals surface area contributed by atoms with Gasteiger partial charge in [0.25, 0.3) is 4.90 Å². The Kier molecular flexibility index (Phi) is 12.2. The molecule has 2 heterocycles. The molecule has 1 aliphatic rings. The highest BCUT2D eigenvalue weighted by Gasteiger charge is 2.35. The molecule has 230 valence electrons. The van der Waals surface area contributed by atoms with Crippen LogP contribution in [0, 0.1) is 0 Å². The summed E-state index contributed by atoms with van der Waals surface area (Å²) in [6, 6.07) is 7.85. The van der Waals surface area contributed by atoms with Crippen LogP contribution in [0.5, 0.6) is 23.0 Å². The first kappa shape index (κ1) is 32.0. The molecule has 10 heteroatoms. The molecule has 0 saturated heterocycles. The molecule has 1 unspecified atom stereocenters. The first-order valence-electron chi connectivity index (χ1n) is 14.8. The van der Waals surface area contributed by atoms with Crippen LogP contribution in [-0.4, -0.2) is 69.3 Å². The van der Waals surface area contributed by atoms with Gasteiger partial charge in [0.1, 0.15) is 17.2 Å². The lowest BCUT2D eigenvalue weighted by molar-refractivity contribution is 0.135. The highest BCUT2D eigenvalue weighted by Crippen LogP contribution is 2.39. The summed E-state index contributed by atoms with van der Waals surface area (Å²) >= 11 is 0. The van der Waals surface area contributed by atoms with Crippen LogP contribution in [0.4, 0.5) is 0 Å². The van der Waals surface area contributed by atoms with E-state index < -0.39 is 10.9 Å². The van der Waals surface area contributed by atoms with Gasteiger partial charge in [0.15, 0.2) is 17.2 Å². The predicted octanol–water partition coefficient (Wildman–Crippen LogP) is 5.56. The largest absolute Gasteiger partial charge is 0.493 e. The normalized spacial score (nSPS) is 14.6. The number of benzene rings is 1. The molecular weight excluding hydrogens is 556 g/mol. The SMILES string of the molecule is CCCOCC[S+](CCOCc1cc(OC)c(OC)c(OC)c1)c1c(OC)c2cccnc2n(C2CCCCC2)c1=O. The number of hydrogen-bond acceptors (Lipinski definition) is 8. The Labute approximate surface area is 251 Å². The van der Waals surface area contributed by atoms with Crippen LogP contribution in [0.3, 0.4) is 0 Å². The standard InChI is InChI=1S/C32H45N2O7S/c1-6-15-40-16-18-42(19-17-41-22-23-20-26(36-2)29(39-5)27(21-23)37-3)30-28(38-4)25-13-10-14-33-31(25)34(32(30)35)24-11-8-7-9-12-24/h10,13-14,20-21,24H,6-9,11-12,15-19,22H2,1-5H3/q+1. The van der Waals surface area contributed by atoms with Crippen LogP contribution in [0.2, 0.25) is 0 Å². The third-order valence-corrected chi connectivity index (χ3v) is 9.86. The summed E-state index contributed by atoms with van der Waals surface area (Å²) < 4.78 is 36.4. The van der Waals surface area contributed by atoms with Crippen molar-refractivity contribution in [1.29, 1.82) is 0 Å². The van der Waals surface area contributed by atoms with Crippen molar-refractivity contribution in [3.8, 4) is 23.0 Å². The van der Waals surface area contributed by atoms with Crippen molar-refractivity contribution >= 4 is 21.9 Å². The van der Waals surface area contributed by atoms with Crippen LogP contribution in [0.25, 0.3) is 11.0 Å². The van der Waals surface area contributed by atoms with E-state index in [4.69, 9.17) is 28.4 Å². The van der Waals surface area contributed by atoms with E-state index in [9.17, 15) is 4.79 Å². The molecule has 2 aromatic heterocycles. The van der Waals surface area contributed by atoms with Gasteiger partial charge in [0, 0.05) is 29.7 Å². The average Bonchev–Trinajstić information content (AvgIpc) is 3.03. The van der Waals surface area contributed by atoms with Crippen LogP contribution < -0.4 is 24.5 Å². The van der Waals surface area contributed by atoms with E-state index in [-0.39, 0.29) is 11.6 Å². The minimum Gasteiger partial charge on any atom is -0.493 e. The fourth-order valence-electron chi connectivity index (χ4n) is 5.61. The maximum Gasteiger partial charge on any atom is 0.311 e. The number of nitrogens with zero attached hydrogens (tertiary/aromatic N) is 2. The lowest BCUT2D eigenvalue weighted by Gasteiger charge is -2.26. The zero-order valence-corrected chi connectivity index (χ0v) is 26.4. The van der Waals surface area contributed by atoms with Crippen molar-refractivity contribution in [2.75, 3.05) is 59.8 Å². The van der Waals surface area contributed by atoms with Crippen LogP contribution in [0.15, 0.2) is 40.2 Å². The Morgan fingerprint density at radius 3 is 2.17 bits per heavy atom. The fraction of sp³-hybridized carbons (Fsp3) is 0.562. The molecule has 0 bridgehead atoms. The fourth-order valence-corrected chi connectivity index (χ4v) is 7.66. The average molecular weight is 602 g/mol. The zero-order valence-electron chi connectivity index (χ0n) is 25.6. The topological polar surface area (TPSA) is 90.3 Å². The van der Waals surface area contributed by atoms with Gasteiger partial charge in [-0.15, -0.1) is 0 Å². The van der Waals surface area contributed by atoms with Crippen molar-refractivity contribution < 1.29 is 28.4 Å². The Balaban J connectivity index is 1.63. The lowest BCUT2D eigenvalue weighted by Crippen LogP contribution is -2.34. The predicted molar refractivity (Wildman–Crippen MR) is 167 cm³/mol. The van der Waals surface area contributed by atoms with Crippen molar-refractivity contribution in [3.05, 3.63) is 46.4 Å². The van der Waals surface area contributed by atoms with Gasteiger partial charge in [0.2, 0.25) is 5.75 Å². The number of ether oxygens (including phenoxy) is 6. The Hall–Kier alpha value is -2.95. The summed E-state index contributed by atoms with van der Waals surface area (Å²) in [5.41, 5.74) is 1.62. The van der Waals surface area contributed by atoms with E-state index >= 15 is 0 Å². The van der Waals surface area contributed by atoms with Crippen molar-refractivity contribution in [2.45, 2.75) is 63.0 Å². The third kappa shape index (κ3) is 7.33. The third-order valence-electron chi connectivity index (χ3n) is 7.60. The summed E-state index contributed by atoms with van der Waals surface area (Å²) in [5.74, 6) is 3.72. The Morgan fingerprint density at radius 1 is 0.881 bits per heavy atom. The summed E-state index contributed by atoms with van der Waals surface area (Å²) in [6.45, 7) is 4.19. The molecule has 1 atom stereocenters.